The summed E-state index contributed by atoms with van der Waals surface area (Å²) in [6.45, 7) is 2.28. The van der Waals surface area contributed by atoms with E-state index in [1.165, 1.54) is 5.57 Å². The molecule has 5 heteroatoms. The molecule has 3 fully saturated rings. The van der Waals surface area contributed by atoms with Gasteiger partial charge in [0.1, 0.15) is 6.29 Å². The molecule has 142 valence electrons. The molecule has 0 aromatic carbocycles. The van der Waals surface area contributed by atoms with Crippen LogP contribution in [0.15, 0.2) is 11.6 Å². The third kappa shape index (κ3) is 2.32. The Bertz CT molecular complexity index is 680. The zero-order valence-corrected chi connectivity index (χ0v) is 15.3. The van der Waals surface area contributed by atoms with Crippen molar-refractivity contribution in [3.05, 3.63) is 11.6 Å². The number of aliphatic hydroxyl groups is 2. The summed E-state index contributed by atoms with van der Waals surface area (Å²) in [5.74, 6) is 0.0342. The number of fused-ring (bicyclic) bond motifs is 5. The lowest BCUT2D eigenvalue weighted by molar-refractivity contribution is -0.159. The number of aldehydes is 1. The van der Waals surface area contributed by atoms with Crippen LogP contribution in [0.3, 0.4) is 0 Å². The summed E-state index contributed by atoms with van der Waals surface area (Å²) in [5.41, 5.74) is 0.582. The lowest BCUT2D eigenvalue weighted by Crippen LogP contribution is -2.53. The van der Waals surface area contributed by atoms with Crippen molar-refractivity contribution < 1.29 is 24.6 Å². The highest BCUT2D eigenvalue weighted by Gasteiger charge is 2.62. The maximum atomic E-state index is 12.3. The van der Waals surface area contributed by atoms with E-state index >= 15 is 0 Å². The summed E-state index contributed by atoms with van der Waals surface area (Å²) < 4.78 is 0. The maximum Gasteiger partial charge on any atom is 0.213 e. The number of ketones is 2. The van der Waals surface area contributed by atoms with Crippen LogP contribution in [0.4, 0.5) is 0 Å². The average Bonchev–Trinajstić information content (AvgIpc) is 3.01. The SMILES string of the molecule is C[C@]12CCC(=O)C=C1CC[C@H]1[C@@H]3CC[C@H](C(=O)C(O)O)[C@@]3(C=O)CC[C@@H]12. The standard InChI is InChI=1S/C21H28O5/c1-20-8-6-13(23)10-12(20)2-3-14-15(20)7-9-21(11-22)16(14)4-5-17(21)18(24)19(25)26/h10-11,14-17,19,25-26H,2-9H2,1H3/t14-,15+,16+,17-,20+,21-/m1/s1. The van der Waals surface area contributed by atoms with Crippen LogP contribution in [0.1, 0.15) is 58.3 Å². The van der Waals surface area contributed by atoms with Crippen molar-refractivity contribution in [3.8, 4) is 0 Å². The van der Waals surface area contributed by atoms with Crippen LogP contribution < -0.4 is 0 Å². The first kappa shape index (κ1) is 18.1. The molecule has 26 heavy (non-hydrogen) atoms. The van der Waals surface area contributed by atoms with E-state index in [0.717, 1.165) is 38.4 Å². The van der Waals surface area contributed by atoms with Crippen molar-refractivity contribution in [2.45, 2.75) is 64.6 Å². The first-order valence-corrected chi connectivity index (χ1v) is 9.93. The van der Waals surface area contributed by atoms with Gasteiger partial charge in [-0.15, -0.1) is 0 Å². The first-order valence-electron chi connectivity index (χ1n) is 9.93. The highest BCUT2D eigenvalue weighted by Crippen LogP contribution is 2.66. The third-order valence-corrected chi connectivity index (χ3v) is 8.37. The van der Waals surface area contributed by atoms with E-state index in [-0.39, 0.29) is 17.1 Å². The van der Waals surface area contributed by atoms with Crippen molar-refractivity contribution in [1.82, 2.24) is 0 Å². The molecule has 0 aromatic rings. The quantitative estimate of drug-likeness (QED) is 0.595. The number of allylic oxidation sites excluding steroid dienone is 1. The number of hydrogen-bond donors (Lipinski definition) is 2. The minimum atomic E-state index is -1.99. The number of hydrogen-bond acceptors (Lipinski definition) is 5. The zero-order chi connectivity index (χ0) is 18.7. The van der Waals surface area contributed by atoms with E-state index in [1.807, 2.05) is 6.08 Å². The molecule has 0 bridgehead atoms. The molecule has 0 unspecified atom stereocenters. The monoisotopic (exact) mass is 360 g/mol. The third-order valence-electron chi connectivity index (χ3n) is 8.37. The molecule has 0 saturated heterocycles. The van der Waals surface area contributed by atoms with E-state index in [4.69, 9.17) is 0 Å². The van der Waals surface area contributed by atoms with Gasteiger partial charge in [0.05, 0.1) is 0 Å². The number of carbonyl (C=O) groups is 3. The van der Waals surface area contributed by atoms with Crippen LogP contribution in [0.5, 0.6) is 0 Å². The van der Waals surface area contributed by atoms with Gasteiger partial charge in [-0.2, -0.15) is 0 Å². The molecule has 0 radical (unpaired) electrons. The number of carbonyl (C=O) groups excluding carboxylic acids is 3. The molecule has 0 heterocycles. The van der Waals surface area contributed by atoms with Crippen molar-refractivity contribution in [1.29, 1.82) is 0 Å². The van der Waals surface area contributed by atoms with Crippen molar-refractivity contribution >= 4 is 17.9 Å². The molecule has 3 saturated carbocycles. The zero-order valence-electron chi connectivity index (χ0n) is 15.3. The van der Waals surface area contributed by atoms with Gasteiger partial charge < -0.3 is 15.0 Å². The van der Waals surface area contributed by atoms with Gasteiger partial charge >= 0.3 is 0 Å². The second-order valence-electron chi connectivity index (χ2n) is 9.14. The molecular weight excluding hydrogens is 332 g/mol. The predicted octanol–water partition coefficient (Wildman–Crippen LogP) is 2.19. The minimum absolute atomic E-state index is 0.0322. The molecule has 5 nitrogen and oxygen atoms in total. The van der Waals surface area contributed by atoms with Crippen LogP contribution in [0.2, 0.25) is 0 Å². The lowest BCUT2D eigenvalue weighted by Gasteiger charge is -2.57. The molecular formula is C21H28O5. The summed E-state index contributed by atoms with van der Waals surface area (Å²) in [4.78, 5) is 36.4. The van der Waals surface area contributed by atoms with Crippen molar-refractivity contribution in [2.24, 2.45) is 34.5 Å². The molecule has 0 amide bonds. The Balaban J connectivity index is 1.67. The summed E-state index contributed by atoms with van der Waals surface area (Å²) in [6, 6.07) is 0. The Morgan fingerprint density at radius 2 is 1.92 bits per heavy atom. The van der Waals surface area contributed by atoms with Gasteiger partial charge in [-0.05, 0) is 74.2 Å². The van der Waals surface area contributed by atoms with E-state index in [1.54, 1.807) is 0 Å². The Morgan fingerprint density at radius 1 is 1.15 bits per heavy atom. The maximum absolute atomic E-state index is 12.3. The van der Waals surface area contributed by atoms with Gasteiger partial charge in [0.25, 0.3) is 0 Å². The van der Waals surface area contributed by atoms with Crippen molar-refractivity contribution in [3.63, 3.8) is 0 Å². The molecule has 4 aliphatic carbocycles. The average molecular weight is 360 g/mol. The van der Waals surface area contributed by atoms with Gasteiger partial charge in [0.2, 0.25) is 6.29 Å². The lowest BCUT2D eigenvalue weighted by atomic mass is 9.46. The smallest absolute Gasteiger partial charge is 0.213 e. The Labute approximate surface area is 153 Å². The summed E-state index contributed by atoms with van der Waals surface area (Å²) in [5, 5.41) is 18.8. The van der Waals surface area contributed by atoms with E-state index in [9.17, 15) is 24.6 Å². The first-order chi connectivity index (χ1) is 12.3. The fourth-order valence-corrected chi connectivity index (χ4v) is 7.10. The largest absolute Gasteiger partial charge is 0.362 e. The second-order valence-corrected chi connectivity index (χ2v) is 9.14. The highest BCUT2D eigenvalue weighted by atomic mass is 16.5. The van der Waals surface area contributed by atoms with Gasteiger partial charge in [-0.3, -0.25) is 9.59 Å². The molecule has 0 spiro atoms. The molecule has 0 aliphatic heterocycles. The second kappa shape index (κ2) is 6.10. The van der Waals surface area contributed by atoms with Crippen LogP contribution in [-0.4, -0.2) is 34.4 Å². The molecule has 6 atom stereocenters. The topological polar surface area (TPSA) is 91.7 Å². The van der Waals surface area contributed by atoms with Gasteiger partial charge in [0, 0.05) is 17.8 Å². The molecule has 2 N–H and O–H groups in total. The van der Waals surface area contributed by atoms with Gasteiger partial charge in [-0.1, -0.05) is 12.5 Å². The Kier molecular flexibility index (Phi) is 4.23. The normalized spacial score (nSPS) is 44.8. The minimum Gasteiger partial charge on any atom is -0.362 e. The fourth-order valence-electron chi connectivity index (χ4n) is 7.10. The Hall–Kier alpha value is -1.33. The number of Topliss-reactive ketones (excluding diaryl/α,β-unsaturated/α-hetero) is 1. The molecule has 0 aromatic heterocycles. The van der Waals surface area contributed by atoms with Crippen LogP contribution in [0, 0.1) is 34.5 Å². The predicted molar refractivity (Wildman–Crippen MR) is 93.8 cm³/mol. The van der Waals surface area contributed by atoms with E-state index < -0.39 is 23.4 Å². The molecule has 4 aliphatic rings. The number of rotatable bonds is 3. The fraction of sp³-hybridized carbons (Fsp3) is 0.762. The highest BCUT2D eigenvalue weighted by molar-refractivity contribution is 5.91. The van der Waals surface area contributed by atoms with E-state index in [2.05, 4.69) is 6.92 Å². The Morgan fingerprint density at radius 3 is 2.62 bits per heavy atom. The van der Waals surface area contributed by atoms with E-state index in [0.29, 0.717) is 31.1 Å². The van der Waals surface area contributed by atoms with Crippen molar-refractivity contribution in [2.75, 3.05) is 0 Å². The summed E-state index contributed by atoms with van der Waals surface area (Å²) in [6.07, 6.45) is 7.07. The number of aliphatic hydroxyl groups excluding tert-OH is 1. The van der Waals surface area contributed by atoms with Crippen LogP contribution in [-0.2, 0) is 14.4 Å². The molecule has 4 rings (SSSR count). The van der Waals surface area contributed by atoms with Gasteiger partial charge in [-0.25, -0.2) is 0 Å². The van der Waals surface area contributed by atoms with Crippen LogP contribution >= 0.6 is 0 Å². The summed E-state index contributed by atoms with van der Waals surface area (Å²) >= 11 is 0. The van der Waals surface area contributed by atoms with Gasteiger partial charge in [0.15, 0.2) is 11.6 Å². The van der Waals surface area contributed by atoms with Crippen LogP contribution in [0.25, 0.3) is 0 Å². The summed E-state index contributed by atoms with van der Waals surface area (Å²) in [7, 11) is 0.